The van der Waals surface area contributed by atoms with E-state index in [0.29, 0.717) is 17.4 Å². The number of anilines is 1. The molecule has 1 N–H and O–H groups in total. The molecule has 1 aromatic carbocycles. The molecule has 0 aliphatic rings. The van der Waals surface area contributed by atoms with Crippen molar-refractivity contribution in [1.82, 2.24) is 0 Å². The molecule has 0 radical (unpaired) electrons. The first-order valence-corrected chi connectivity index (χ1v) is 5.56. The zero-order valence-corrected chi connectivity index (χ0v) is 10.9. The number of rotatable bonds is 3. The molecule has 0 unspecified atom stereocenters. The number of carbonyl (C=O) groups excluding carboxylic acids is 2. The van der Waals surface area contributed by atoms with Gasteiger partial charge in [-0.2, -0.15) is 0 Å². The number of carbonyl (C=O) groups is 2. The van der Waals surface area contributed by atoms with Gasteiger partial charge in [0.1, 0.15) is 5.75 Å². The van der Waals surface area contributed by atoms with E-state index < -0.39 is 11.9 Å². The molecule has 98 valence electrons. The molecule has 0 atom stereocenters. The molecule has 0 aromatic heterocycles. The molecule has 0 aliphatic carbocycles. The highest BCUT2D eigenvalue weighted by atomic mass is 16.5. The SMILES string of the molecule is COC(=O)C(=O)Nc1ccc(C(C)C)cc1OC. The Labute approximate surface area is 106 Å². The summed E-state index contributed by atoms with van der Waals surface area (Å²) in [5.74, 6) is -0.902. The molecule has 0 saturated carbocycles. The largest absolute Gasteiger partial charge is 0.495 e. The highest BCUT2D eigenvalue weighted by molar-refractivity contribution is 6.37. The lowest BCUT2D eigenvalue weighted by Crippen LogP contribution is -2.24. The van der Waals surface area contributed by atoms with Gasteiger partial charge in [0.15, 0.2) is 0 Å². The van der Waals surface area contributed by atoms with Crippen LogP contribution in [0.15, 0.2) is 18.2 Å². The standard InChI is InChI=1S/C13H17NO4/c1-8(2)9-5-6-10(11(7-9)17-3)14-12(15)13(16)18-4/h5-8H,1-4H3,(H,14,15). The van der Waals surface area contributed by atoms with E-state index in [1.54, 1.807) is 6.07 Å². The molecule has 0 heterocycles. The first kappa shape index (κ1) is 14.0. The van der Waals surface area contributed by atoms with Gasteiger partial charge in [0, 0.05) is 0 Å². The average Bonchev–Trinajstić information content (AvgIpc) is 2.37. The van der Waals surface area contributed by atoms with Gasteiger partial charge < -0.3 is 14.8 Å². The zero-order valence-electron chi connectivity index (χ0n) is 10.9. The summed E-state index contributed by atoms with van der Waals surface area (Å²) in [6.45, 7) is 4.11. The summed E-state index contributed by atoms with van der Waals surface area (Å²) in [5.41, 5.74) is 1.53. The molecule has 1 amide bonds. The fourth-order valence-corrected chi connectivity index (χ4v) is 1.44. The first-order chi connectivity index (χ1) is 8.49. The van der Waals surface area contributed by atoms with Crippen LogP contribution in [0.5, 0.6) is 5.75 Å². The molecule has 18 heavy (non-hydrogen) atoms. The van der Waals surface area contributed by atoms with Crippen LogP contribution in [0, 0.1) is 0 Å². The Kier molecular flexibility index (Phi) is 4.71. The molecule has 5 nitrogen and oxygen atoms in total. The van der Waals surface area contributed by atoms with Gasteiger partial charge in [0.2, 0.25) is 0 Å². The number of esters is 1. The van der Waals surface area contributed by atoms with E-state index >= 15 is 0 Å². The van der Waals surface area contributed by atoms with Gasteiger partial charge in [-0.1, -0.05) is 19.9 Å². The van der Waals surface area contributed by atoms with E-state index in [4.69, 9.17) is 4.74 Å². The lowest BCUT2D eigenvalue weighted by atomic mass is 10.0. The van der Waals surface area contributed by atoms with Crippen molar-refractivity contribution in [2.24, 2.45) is 0 Å². The smallest absolute Gasteiger partial charge is 0.396 e. The van der Waals surface area contributed by atoms with Crippen LogP contribution >= 0.6 is 0 Å². The van der Waals surface area contributed by atoms with Crippen LogP contribution in [-0.2, 0) is 14.3 Å². The molecular weight excluding hydrogens is 234 g/mol. The maximum atomic E-state index is 11.4. The van der Waals surface area contributed by atoms with Crippen LogP contribution in [0.3, 0.4) is 0 Å². The number of methoxy groups -OCH3 is 2. The minimum absolute atomic E-state index is 0.351. The number of hydrogen-bond acceptors (Lipinski definition) is 4. The van der Waals surface area contributed by atoms with Gasteiger partial charge in [-0.05, 0) is 23.6 Å². The molecular formula is C13H17NO4. The van der Waals surface area contributed by atoms with Crippen LogP contribution < -0.4 is 10.1 Å². The normalized spacial score (nSPS) is 10.1. The van der Waals surface area contributed by atoms with Crippen LogP contribution in [0.1, 0.15) is 25.3 Å². The molecule has 0 spiro atoms. The summed E-state index contributed by atoms with van der Waals surface area (Å²) in [4.78, 5) is 22.4. The Morgan fingerprint density at radius 3 is 2.39 bits per heavy atom. The second kappa shape index (κ2) is 6.05. The van der Waals surface area contributed by atoms with Crippen molar-refractivity contribution < 1.29 is 19.1 Å². The van der Waals surface area contributed by atoms with E-state index in [9.17, 15) is 9.59 Å². The van der Waals surface area contributed by atoms with Crippen LogP contribution in [0.2, 0.25) is 0 Å². The lowest BCUT2D eigenvalue weighted by molar-refractivity contribution is -0.150. The zero-order chi connectivity index (χ0) is 13.7. The predicted octanol–water partition coefficient (Wildman–Crippen LogP) is 1.93. The summed E-state index contributed by atoms with van der Waals surface area (Å²) in [6.07, 6.45) is 0. The van der Waals surface area contributed by atoms with Gasteiger partial charge in [0.25, 0.3) is 0 Å². The van der Waals surface area contributed by atoms with E-state index in [1.807, 2.05) is 12.1 Å². The topological polar surface area (TPSA) is 64.6 Å². The molecule has 0 saturated heterocycles. The van der Waals surface area contributed by atoms with E-state index in [-0.39, 0.29) is 0 Å². The summed E-state index contributed by atoms with van der Waals surface area (Å²) >= 11 is 0. The number of ether oxygens (including phenoxy) is 2. The van der Waals surface area contributed by atoms with Gasteiger partial charge in [-0.3, -0.25) is 4.79 Å². The van der Waals surface area contributed by atoms with Crippen molar-refractivity contribution in [1.29, 1.82) is 0 Å². The third kappa shape index (κ3) is 3.23. The molecule has 0 aliphatic heterocycles. The maximum Gasteiger partial charge on any atom is 0.396 e. The molecule has 0 fully saturated rings. The third-order valence-electron chi connectivity index (χ3n) is 2.51. The number of hydrogen-bond donors (Lipinski definition) is 1. The Bertz CT molecular complexity index is 454. The summed E-state index contributed by atoms with van der Waals surface area (Å²) in [6, 6.07) is 5.41. The Morgan fingerprint density at radius 1 is 1.22 bits per heavy atom. The second-order valence-corrected chi connectivity index (χ2v) is 4.06. The van der Waals surface area contributed by atoms with Crippen LogP contribution in [0.4, 0.5) is 5.69 Å². The molecule has 1 rings (SSSR count). The summed E-state index contributed by atoms with van der Waals surface area (Å²) < 4.78 is 9.51. The molecule has 0 bridgehead atoms. The van der Waals surface area contributed by atoms with Crippen molar-refractivity contribution >= 4 is 17.6 Å². The number of nitrogens with one attached hydrogen (secondary N) is 1. The molecule has 5 heteroatoms. The highest BCUT2D eigenvalue weighted by Crippen LogP contribution is 2.28. The van der Waals surface area contributed by atoms with Gasteiger partial charge in [0.05, 0.1) is 19.9 Å². The number of amides is 1. The van der Waals surface area contributed by atoms with E-state index in [0.717, 1.165) is 12.7 Å². The van der Waals surface area contributed by atoms with Crippen molar-refractivity contribution in [3.8, 4) is 5.75 Å². The maximum absolute atomic E-state index is 11.4. The predicted molar refractivity (Wildman–Crippen MR) is 67.7 cm³/mol. The van der Waals surface area contributed by atoms with Crippen molar-refractivity contribution in [3.63, 3.8) is 0 Å². The number of benzene rings is 1. The van der Waals surface area contributed by atoms with Gasteiger partial charge in [-0.25, -0.2) is 4.79 Å². The van der Waals surface area contributed by atoms with Gasteiger partial charge >= 0.3 is 11.9 Å². The minimum Gasteiger partial charge on any atom is -0.495 e. The minimum atomic E-state index is -0.940. The third-order valence-corrected chi connectivity index (χ3v) is 2.51. The summed E-state index contributed by atoms with van der Waals surface area (Å²) in [5, 5.41) is 2.44. The summed E-state index contributed by atoms with van der Waals surface area (Å²) in [7, 11) is 2.66. The highest BCUT2D eigenvalue weighted by Gasteiger charge is 2.16. The van der Waals surface area contributed by atoms with Crippen molar-refractivity contribution in [2.75, 3.05) is 19.5 Å². The van der Waals surface area contributed by atoms with Crippen LogP contribution in [-0.4, -0.2) is 26.1 Å². The van der Waals surface area contributed by atoms with Crippen molar-refractivity contribution in [3.05, 3.63) is 23.8 Å². The van der Waals surface area contributed by atoms with E-state index in [1.165, 1.54) is 7.11 Å². The van der Waals surface area contributed by atoms with Gasteiger partial charge in [-0.15, -0.1) is 0 Å². The first-order valence-electron chi connectivity index (χ1n) is 5.56. The monoisotopic (exact) mass is 251 g/mol. The fourth-order valence-electron chi connectivity index (χ4n) is 1.44. The molecule has 1 aromatic rings. The van der Waals surface area contributed by atoms with Crippen molar-refractivity contribution in [2.45, 2.75) is 19.8 Å². The lowest BCUT2D eigenvalue weighted by Gasteiger charge is -2.12. The fraction of sp³-hybridized carbons (Fsp3) is 0.385. The Balaban J connectivity index is 2.96. The van der Waals surface area contributed by atoms with E-state index in [2.05, 4.69) is 23.9 Å². The average molecular weight is 251 g/mol. The quantitative estimate of drug-likeness (QED) is 0.658. The Morgan fingerprint density at radius 2 is 1.89 bits per heavy atom. The second-order valence-electron chi connectivity index (χ2n) is 4.06. The Hall–Kier alpha value is -2.04. The van der Waals surface area contributed by atoms with Crippen LogP contribution in [0.25, 0.3) is 0 Å².